The standard InChI is InChI=1S/C46H104N2O31Si12.C11H25NO4Si.3CH4/c1-33(2)51-82(52-34(3)4)63-80(31-27-29-47-45(25)49)65-86(59-41(17)18)72-85(57-39(13)14,58-40(15)16)74-89(62-44(23)24)70-83(53-35(5)6,54-36(7)8)64-81(32-28-30-48-46(26)50)66-87(60-42(19)20)71-84(55-37(9)10,56-38(11)12)73-88(69-82,61-43(21)22)77-90(67-80,76-87)79-91(68-81,75-86)78-89;1-5-14-17(15-6-2,16-7-3)10-8-9-12-11(4)13;;;/h33-44H,27-32H2,1-26H3,(H,47,49)(H,48,50);5-10H2,1-4H3,(H,12,13);3*1H4. The quantitative estimate of drug-likeness (QED) is 0.0378. The first kappa shape index (κ1) is 107. The maximum atomic E-state index is 12.8. The van der Waals surface area contributed by atoms with Gasteiger partial charge in [-0.1, -0.05) is 22.3 Å². The van der Waals surface area contributed by atoms with Crippen LogP contribution in [0.15, 0.2) is 0 Å². The minimum atomic E-state index is -6.05. The van der Waals surface area contributed by atoms with Gasteiger partial charge in [0.05, 0.1) is 0 Å². The van der Waals surface area contributed by atoms with Crippen LogP contribution in [0.5, 0.6) is 0 Å². The third-order valence-electron chi connectivity index (χ3n) is 13.2. The summed E-state index contributed by atoms with van der Waals surface area (Å²) in [6, 6.07) is 0.0317. The van der Waals surface area contributed by atoms with Crippen LogP contribution in [0.2, 0.25) is 18.1 Å². The summed E-state index contributed by atoms with van der Waals surface area (Å²) < 4.78 is 230. The number of hydrogen-bond donors (Lipinski definition) is 3. The van der Waals surface area contributed by atoms with Crippen molar-refractivity contribution in [3.8, 4) is 0 Å². The monoisotopic (exact) mass is 1830 g/mol. The Morgan fingerprint density at radius 3 is 0.694 bits per heavy atom. The molecule has 111 heavy (non-hydrogen) atoms. The molecule has 0 aliphatic carbocycles. The fourth-order valence-corrected chi connectivity index (χ4v) is 70.7. The highest BCUT2D eigenvalue weighted by Crippen LogP contribution is 2.53. The highest BCUT2D eigenvalue weighted by atomic mass is 28.7. The Morgan fingerprint density at radius 2 is 0.486 bits per heavy atom. The molecule has 51 heteroatoms. The summed E-state index contributed by atoms with van der Waals surface area (Å²) in [6.07, 6.45) is -9.28. The summed E-state index contributed by atoms with van der Waals surface area (Å²) in [5.74, 6) is -0.735. The van der Waals surface area contributed by atoms with Gasteiger partial charge in [-0.15, -0.1) is 0 Å². The highest BCUT2D eigenvalue weighted by Gasteiger charge is 2.92. The summed E-state index contributed by atoms with van der Waals surface area (Å²) in [5.41, 5.74) is 0. The number of fused-ring (bicyclic) bond motifs is 6. The smallest absolute Gasteiger partial charge is 0.374 e. The van der Waals surface area contributed by atoms with E-state index in [2.05, 4.69) is 16.0 Å². The van der Waals surface area contributed by atoms with Gasteiger partial charge in [0.2, 0.25) is 17.7 Å². The van der Waals surface area contributed by atoms with Gasteiger partial charge in [-0.25, -0.2) is 0 Å². The molecule has 0 aromatic rings. The molecule has 0 aromatic heterocycles. The molecule has 6 rings (SSSR count). The average Bonchev–Trinajstić information content (AvgIpc) is 0.685. The van der Waals surface area contributed by atoms with E-state index in [1.165, 1.54) is 20.8 Å². The van der Waals surface area contributed by atoms with E-state index in [-0.39, 0.29) is 78.0 Å². The zero-order valence-corrected chi connectivity index (χ0v) is 82.2. The minimum Gasteiger partial charge on any atom is -0.374 e. The van der Waals surface area contributed by atoms with Gasteiger partial charge < -0.3 is 152 Å². The van der Waals surface area contributed by atoms with Gasteiger partial charge in [0.1, 0.15) is 0 Å². The van der Waals surface area contributed by atoms with Crippen LogP contribution in [0.3, 0.4) is 0 Å². The van der Waals surface area contributed by atoms with Crippen molar-refractivity contribution < 1.29 is 151 Å². The van der Waals surface area contributed by atoms with Crippen molar-refractivity contribution in [3.63, 3.8) is 0 Å². The summed E-state index contributed by atoms with van der Waals surface area (Å²) >= 11 is 0. The lowest BCUT2D eigenvalue weighted by atomic mass is 10.5. The Morgan fingerprint density at radius 1 is 0.279 bits per heavy atom. The molecule has 6 saturated heterocycles. The molecule has 6 heterocycles. The topological polar surface area (TPSA) is 383 Å². The van der Waals surface area contributed by atoms with Crippen LogP contribution in [0.1, 0.15) is 249 Å². The maximum absolute atomic E-state index is 12.8. The first-order chi connectivity index (χ1) is 50.0. The molecule has 658 valence electrons. The number of carbonyl (C=O) groups is 3. The number of amides is 3. The van der Waals surface area contributed by atoms with Crippen molar-refractivity contribution in [3.05, 3.63) is 0 Å². The molecule has 6 aliphatic heterocycles. The Labute approximate surface area is 677 Å². The van der Waals surface area contributed by atoms with E-state index in [9.17, 15) is 14.4 Å². The predicted molar refractivity (Wildman–Crippen MR) is 427 cm³/mol. The first-order valence-electron chi connectivity index (χ1n) is 37.7. The number of nitrogens with one attached hydrogen (secondary N) is 3. The Kier molecular flexibility index (Phi) is 43.6. The lowest BCUT2D eigenvalue weighted by molar-refractivity contribution is -0.156. The molecule has 8 atom stereocenters. The zero-order valence-electron chi connectivity index (χ0n) is 69.2. The molecule has 38 nitrogen and oxygen atoms in total. The van der Waals surface area contributed by atoms with E-state index >= 15 is 0 Å². The third-order valence-corrected chi connectivity index (χ3v) is 62.9. The molecule has 8 bridgehead atoms. The second kappa shape index (κ2) is 45.2. The highest BCUT2D eigenvalue weighted by molar-refractivity contribution is 7.00. The second-order valence-corrected chi connectivity index (χ2v) is 62.0. The van der Waals surface area contributed by atoms with Crippen LogP contribution in [-0.2, 0) is 151 Å². The van der Waals surface area contributed by atoms with Crippen molar-refractivity contribution in [2.45, 2.75) is 341 Å². The Balaban J connectivity index is 0.00000186. The fourth-order valence-electron chi connectivity index (χ4n) is 10.8. The predicted octanol–water partition coefficient (Wildman–Crippen LogP) is 9.21. The van der Waals surface area contributed by atoms with Crippen LogP contribution in [-0.4, -0.2) is 247 Å². The first-order valence-corrected chi connectivity index (χ1v) is 59.8. The van der Waals surface area contributed by atoms with Gasteiger partial charge in [0.25, 0.3) is 0 Å². The lowest BCUT2D eigenvalue weighted by Gasteiger charge is -2.59. The van der Waals surface area contributed by atoms with Gasteiger partial charge in [0.15, 0.2) is 0 Å². The van der Waals surface area contributed by atoms with Crippen molar-refractivity contribution in [2.75, 3.05) is 39.5 Å². The van der Waals surface area contributed by atoms with Gasteiger partial charge in [0, 0.05) is 152 Å². The largest absolute Gasteiger partial charge is 0.668 e. The minimum absolute atomic E-state index is 0. The third kappa shape index (κ3) is 32.7. The summed E-state index contributed by atoms with van der Waals surface area (Å²) in [5, 5.41) is 8.46. The van der Waals surface area contributed by atoms with Crippen LogP contribution in [0, 0.1) is 0 Å². The molecule has 6 fully saturated rings. The molecule has 0 radical (unpaired) electrons. The summed E-state index contributed by atoms with van der Waals surface area (Å²) in [4.78, 5) is 36.3. The van der Waals surface area contributed by atoms with Crippen LogP contribution < -0.4 is 16.0 Å². The zero-order chi connectivity index (χ0) is 81.4. The normalized spacial score (nSPS) is 28.8. The molecular formula is C60H141N3O35Si13. The summed E-state index contributed by atoms with van der Waals surface area (Å²) in [7, 11) is -69.1. The number of carbonyl (C=O) groups excluding carboxylic acids is 3. The van der Waals surface area contributed by atoms with Crippen molar-refractivity contribution in [1.29, 1.82) is 0 Å². The summed E-state index contributed by atoms with van der Waals surface area (Å²) in [6.45, 7) is 53.4. The molecule has 8 unspecified atom stereocenters. The number of hydrogen-bond acceptors (Lipinski definition) is 35. The maximum Gasteiger partial charge on any atom is 0.668 e. The van der Waals surface area contributed by atoms with Crippen molar-refractivity contribution in [2.24, 2.45) is 0 Å². The second-order valence-electron chi connectivity index (χ2n) is 28.8. The van der Waals surface area contributed by atoms with Gasteiger partial charge in [-0.3, -0.25) is 14.4 Å². The fraction of sp³-hybridized carbons (Fsp3) is 0.950. The van der Waals surface area contributed by atoms with E-state index < -0.39 is 190 Å². The molecule has 3 amide bonds. The molecule has 3 N–H and O–H groups in total. The van der Waals surface area contributed by atoms with Crippen molar-refractivity contribution in [1.82, 2.24) is 16.0 Å². The average molecular weight is 1830 g/mol. The SMILES string of the molecule is C.C.C.CC(=O)NCCC[Si]12O[Si](OC(C)C)(OC(C)C)O[Si]3(OC(C)C)O[Si](OC(C)C)(OC(C)C)O[Si]4(OC(C)C)O[Si]5(CCCNC(C)=O)O[Si](OC(C)C)(OC(C)C)O[Si]6(OC(C)C)O[Si](OC(C)C)(OC(C)C)O[Si](OC(C)C)(O1)O[Si](O5)(O6)O[Si](O2)(O4)O3.CCO[Si](CCCNC(C)=O)(OCC)OCC. The van der Waals surface area contributed by atoms with Gasteiger partial charge in [-0.05, 0) is 206 Å². The van der Waals surface area contributed by atoms with E-state index in [1.54, 1.807) is 166 Å². The van der Waals surface area contributed by atoms with E-state index in [0.29, 0.717) is 26.4 Å². The molecule has 0 aromatic carbocycles. The van der Waals surface area contributed by atoms with E-state index in [0.717, 1.165) is 12.5 Å². The van der Waals surface area contributed by atoms with Crippen LogP contribution >= 0.6 is 0 Å². The van der Waals surface area contributed by atoms with E-state index in [4.69, 9.17) is 136 Å². The molecule has 2 spiro atoms. The molecule has 0 saturated carbocycles. The van der Waals surface area contributed by atoms with Gasteiger partial charge in [-0.2, -0.15) is 0 Å². The molecular weight excluding hydrogens is 1690 g/mol. The Bertz CT molecular complexity index is 2590. The number of rotatable bonds is 42. The van der Waals surface area contributed by atoms with Crippen LogP contribution in [0.4, 0.5) is 0 Å². The Hall–Kier alpha value is -0.0505. The van der Waals surface area contributed by atoms with Crippen LogP contribution in [0.25, 0.3) is 0 Å². The lowest BCUT2D eigenvalue weighted by Crippen LogP contribution is -2.90. The van der Waals surface area contributed by atoms with Crippen molar-refractivity contribution >= 4 is 135 Å². The van der Waals surface area contributed by atoms with Gasteiger partial charge >= 0.3 is 117 Å². The van der Waals surface area contributed by atoms with E-state index in [1.807, 2.05) is 20.8 Å². The molecule has 6 aliphatic rings.